The number of benzene rings is 1. The summed E-state index contributed by atoms with van der Waals surface area (Å²) in [6.07, 6.45) is 2.47. The number of halogens is 1. The van der Waals surface area contributed by atoms with E-state index in [-0.39, 0.29) is 18.1 Å². The summed E-state index contributed by atoms with van der Waals surface area (Å²) in [5.41, 5.74) is 0.654. The molecule has 0 spiro atoms. The first-order valence-electron chi connectivity index (χ1n) is 7.81. The van der Waals surface area contributed by atoms with E-state index < -0.39 is 0 Å². The van der Waals surface area contributed by atoms with Gasteiger partial charge in [-0.2, -0.15) is 0 Å². The van der Waals surface area contributed by atoms with Crippen molar-refractivity contribution in [1.82, 2.24) is 9.80 Å². The van der Waals surface area contributed by atoms with Crippen molar-refractivity contribution in [2.75, 3.05) is 33.8 Å². The summed E-state index contributed by atoms with van der Waals surface area (Å²) in [5, 5.41) is 0.637. The lowest BCUT2D eigenvalue weighted by molar-refractivity contribution is 0.0197. The van der Waals surface area contributed by atoms with Crippen LogP contribution >= 0.6 is 11.6 Å². The molecule has 1 aromatic carbocycles. The minimum absolute atomic E-state index is 0.00441. The lowest BCUT2D eigenvalue weighted by Crippen LogP contribution is -2.50. The molecule has 22 heavy (non-hydrogen) atoms. The Morgan fingerprint density at radius 3 is 2.45 bits per heavy atom. The zero-order chi connectivity index (χ0) is 16.1. The largest absolute Gasteiger partial charge is 0.380 e. The molecule has 1 aliphatic heterocycles. The van der Waals surface area contributed by atoms with Gasteiger partial charge in [-0.25, -0.2) is 0 Å². The third kappa shape index (κ3) is 4.22. The molecule has 1 amide bonds. The first kappa shape index (κ1) is 17.3. The highest BCUT2D eigenvalue weighted by molar-refractivity contribution is 6.30. The molecule has 1 aliphatic rings. The number of hydrogen-bond donors (Lipinski definition) is 0. The summed E-state index contributed by atoms with van der Waals surface area (Å²) in [6, 6.07) is 7.07. The summed E-state index contributed by atoms with van der Waals surface area (Å²) in [5.74, 6) is 0.00441. The Morgan fingerprint density at radius 2 is 1.91 bits per heavy atom. The molecule has 2 rings (SSSR count). The maximum absolute atomic E-state index is 12.7. The number of carbonyl (C=O) groups excluding carboxylic acids is 1. The molecule has 2 atom stereocenters. The summed E-state index contributed by atoms with van der Waals surface area (Å²) in [6.45, 7) is 5.09. The van der Waals surface area contributed by atoms with Crippen LogP contribution in [0.3, 0.4) is 0 Å². The standard InChI is InChI=1S/C17H25ClN2O2/c1-13(22-3)16(12-20-10-4-5-11-20)19(2)17(21)14-6-8-15(18)9-7-14/h6-9,13,16H,4-5,10-12H2,1-3H3/t13-,16-/m1/s1. The fraction of sp³-hybridized carbons (Fsp3) is 0.588. The Balaban J connectivity index is 2.10. The van der Waals surface area contributed by atoms with Crippen molar-refractivity contribution in [1.29, 1.82) is 0 Å². The fourth-order valence-electron chi connectivity index (χ4n) is 2.92. The van der Waals surface area contributed by atoms with Gasteiger partial charge in [0.05, 0.1) is 12.1 Å². The normalized spacial score (nSPS) is 18.2. The highest BCUT2D eigenvalue weighted by atomic mass is 35.5. The third-order valence-corrected chi connectivity index (χ3v) is 4.72. The van der Waals surface area contributed by atoms with Gasteiger partial charge in [-0.3, -0.25) is 4.79 Å². The second-order valence-electron chi connectivity index (χ2n) is 5.94. The van der Waals surface area contributed by atoms with E-state index in [9.17, 15) is 4.79 Å². The number of hydrogen-bond acceptors (Lipinski definition) is 3. The molecule has 0 saturated carbocycles. The van der Waals surface area contributed by atoms with E-state index in [4.69, 9.17) is 16.3 Å². The van der Waals surface area contributed by atoms with Crippen molar-refractivity contribution in [3.05, 3.63) is 34.9 Å². The number of carbonyl (C=O) groups is 1. The molecule has 0 radical (unpaired) electrons. The Bertz CT molecular complexity index is 486. The monoisotopic (exact) mass is 324 g/mol. The number of likely N-dealkylation sites (tertiary alicyclic amines) is 1. The lowest BCUT2D eigenvalue weighted by atomic mass is 10.1. The number of ether oxygens (including phenoxy) is 1. The summed E-state index contributed by atoms with van der Waals surface area (Å²) in [4.78, 5) is 16.9. The molecular formula is C17H25ClN2O2. The van der Waals surface area contributed by atoms with E-state index in [0.717, 1.165) is 19.6 Å². The number of methoxy groups -OCH3 is 1. The smallest absolute Gasteiger partial charge is 0.253 e. The van der Waals surface area contributed by atoms with Crippen LogP contribution in [0.2, 0.25) is 5.02 Å². The second-order valence-corrected chi connectivity index (χ2v) is 6.38. The van der Waals surface area contributed by atoms with Crippen LogP contribution in [0.15, 0.2) is 24.3 Å². The zero-order valence-electron chi connectivity index (χ0n) is 13.6. The van der Waals surface area contributed by atoms with Crippen molar-refractivity contribution in [3.8, 4) is 0 Å². The second kappa shape index (κ2) is 7.95. The summed E-state index contributed by atoms with van der Waals surface area (Å²) >= 11 is 5.89. The predicted octanol–water partition coefficient (Wildman–Crippen LogP) is 2.91. The van der Waals surface area contributed by atoms with Crippen molar-refractivity contribution in [2.45, 2.75) is 31.9 Å². The Labute approximate surface area is 138 Å². The van der Waals surface area contributed by atoms with Gasteiger partial charge in [-0.1, -0.05) is 11.6 Å². The van der Waals surface area contributed by atoms with Crippen LogP contribution in [0.25, 0.3) is 0 Å². The van der Waals surface area contributed by atoms with E-state index in [2.05, 4.69) is 4.90 Å². The molecule has 0 bridgehead atoms. The average molecular weight is 325 g/mol. The van der Waals surface area contributed by atoms with E-state index in [0.29, 0.717) is 10.6 Å². The molecule has 1 saturated heterocycles. The average Bonchev–Trinajstić information content (AvgIpc) is 3.04. The first-order valence-corrected chi connectivity index (χ1v) is 8.18. The molecule has 0 aliphatic carbocycles. The number of rotatable bonds is 6. The Hall–Kier alpha value is -1.10. The Kier molecular flexibility index (Phi) is 6.24. The van der Waals surface area contributed by atoms with E-state index in [1.165, 1.54) is 12.8 Å². The summed E-state index contributed by atoms with van der Waals surface area (Å²) < 4.78 is 5.51. The predicted molar refractivity (Wildman–Crippen MR) is 89.5 cm³/mol. The lowest BCUT2D eigenvalue weighted by Gasteiger charge is -2.35. The SMILES string of the molecule is CO[C@H](C)[C@@H](CN1CCCC1)N(C)C(=O)c1ccc(Cl)cc1. The van der Waals surface area contributed by atoms with Crippen LogP contribution < -0.4 is 0 Å². The molecule has 4 nitrogen and oxygen atoms in total. The molecular weight excluding hydrogens is 300 g/mol. The fourth-order valence-corrected chi connectivity index (χ4v) is 3.05. The minimum Gasteiger partial charge on any atom is -0.380 e. The quantitative estimate of drug-likeness (QED) is 0.806. The minimum atomic E-state index is -0.0122. The van der Waals surface area contributed by atoms with Gasteiger partial charge in [-0.05, 0) is 57.1 Å². The number of likely N-dealkylation sites (N-methyl/N-ethyl adjacent to an activating group) is 1. The van der Waals surface area contributed by atoms with Crippen LogP contribution in [0.5, 0.6) is 0 Å². The molecule has 0 N–H and O–H groups in total. The summed E-state index contributed by atoms with van der Waals surface area (Å²) in [7, 11) is 3.55. The van der Waals surface area contributed by atoms with Crippen LogP contribution in [0.4, 0.5) is 0 Å². The maximum atomic E-state index is 12.7. The first-order chi connectivity index (χ1) is 10.5. The van der Waals surface area contributed by atoms with Crippen LogP contribution in [0.1, 0.15) is 30.1 Å². The topological polar surface area (TPSA) is 32.8 Å². The van der Waals surface area contributed by atoms with Gasteiger partial charge in [0, 0.05) is 31.3 Å². The van der Waals surface area contributed by atoms with Gasteiger partial charge in [0.15, 0.2) is 0 Å². The molecule has 5 heteroatoms. The molecule has 1 aromatic rings. The van der Waals surface area contributed by atoms with Crippen LogP contribution in [-0.2, 0) is 4.74 Å². The van der Waals surface area contributed by atoms with E-state index in [1.54, 1.807) is 36.3 Å². The van der Waals surface area contributed by atoms with Gasteiger partial charge in [0.2, 0.25) is 0 Å². The van der Waals surface area contributed by atoms with E-state index in [1.807, 2.05) is 14.0 Å². The van der Waals surface area contributed by atoms with Crippen LogP contribution in [-0.4, -0.2) is 61.6 Å². The third-order valence-electron chi connectivity index (χ3n) is 4.47. The van der Waals surface area contributed by atoms with Gasteiger partial charge in [0.25, 0.3) is 5.91 Å². The molecule has 0 aromatic heterocycles. The molecule has 1 fully saturated rings. The molecule has 1 heterocycles. The molecule has 122 valence electrons. The van der Waals surface area contributed by atoms with Crippen molar-refractivity contribution >= 4 is 17.5 Å². The van der Waals surface area contributed by atoms with Crippen molar-refractivity contribution in [2.24, 2.45) is 0 Å². The highest BCUT2D eigenvalue weighted by Crippen LogP contribution is 2.17. The van der Waals surface area contributed by atoms with Gasteiger partial charge >= 0.3 is 0 Å². The molecule has 0 unspecified atom stereocenters. The van der Waals surface area contributed by atoms with Gasteiger partial charge in [-0.15, -0.1) is 0 Å². The number of nitrogens with zero attached hydrogens (tertiary/aromatic N) is 2. The maximum Gasteiger partial charge on any atom is 0.253 e. The van der Waals surface area contributed by atoms with Gasteiger partial charge < -0.3 is 14.5 Å². The van der Waals surface area contributed by atoms with Gasteiger partial charge in [0.1, 0.15) is 0 Å². The van der Waals surface area contributed by atoms with E-state index >= 15 is 0 Å². The van der Waals surface area contributed by atoms with Crippen molar-refractivity contribution in [3.63, 3.8) is 0 Å². The van der Waals surface area contributed by atoms with Crippen molar-refractivity contribution < 1.29 is 9.53 Å². The van der Waals surface area contributed by atoms with Crippen LogP contribution in [0, 0.1) is 0 Å². The zero-order valence-corrected chi connectivity index (χ0v) is 14.3. The Morgan fingerprint density at radius 1 is 1.32 bits per heavy atom. The highest BCUT2D eigenvalue weighted by Gasteiger charge is 2.29. The number of amides is 1.